The SMILES string of the molecule is COc1ccccc1CCNc1nccc(C(=O)Nc2ccc(C(C)=O)cc2)n1. The first-order valence-corrected chi connectivity index (χ1v) is 9.18. The van der Waals surface area contributed by atoms with Crippen molar-refractivity contribution in [1.29, 1.82) is 0 Å². The molecule has 0 unspecified atom stereocenters. The Labute approximate surface area is 169 Å². The highest BCUT2D eigenvalue weighted by molar-refractivity contribution is 6.03. The van der Waals surface area contributed by atoms with Gasteiger partial charge in [-0.25, -0.2) is 9.97 Å². The van der Waals surface area contributed by atoms with Crippen LogP contribution in [-0.4, -0.2) is 35.3 Å². The first kappa shape index (κ1) is 20.0. The van der Waals surface area contributed by atoms with Gasteiger partial charge in [0.1, 0.15) is 11.4 Å². The van der Waals surface area contributed by atoms with Crippen LogP contribution in [0.2, 0.25) is 0 Å². The number of amides is 1. The van der Waals surface area contributed by atoms with E-state index >= 15 is 0 Å². The van der Waals surface area contributed by atoms with Gasteiger partial charge in [0, 0.05) is 24.0 Å². The minimum Gasteiger partial charge on any atom is -0.496 e. The van der Waals surface area contributed by atoms with E-state index in [1.165, 1.54) is 13.1 Å². The Balaban J connectivity index is 1.59. The number of nitrogens with zero attached hydrogens (tertiary/aromatic N) is 2. The van der Waals surface area contributed by atoms with Crippen molar-refractivity contribution in [3.63, 3.8) is 0 Å². The summed E-state index contributed by atoms with van der Waals surface area (Å²) in [6, 6.07) is 16.1. The van der Waals surface area contributed by atoms with Gasteiger partial charge in [0.15, 0.2) is 5.78 Å². The molecule has 29 heavy (non-hydrogen) atoms. The van der Waals surface area contributed by atoms with E-state index in [1.807, 2.05) is 24.3 Å². The number of carbonyl (C=O) groups excluding carboxylic acids is 2. The Morgan fingerprint density at radius 1 is 1.03 bits per heavy atom. The molecule has 0 saturated carbocycles. The molecule has 0 aliphatic carbocycles. The standard InChI is InChI=1S/C22H22N4O3/c1-15(27)16-7-9-18(10-8-16)25-21(28)19-12-14-24-22(26-19)23-13-11-17-5-3-4-6-20(17)29-2/h3-10,12,14H,11,13H2,1-2H3,(H,25,28)(H,23,24,26). The molecule has 0 aliphatic heterocycles. The summed E-state index contributed by atoms with van der Waals surface area (Å²) in [5, 5.41) is 5.89. The number of nitrogens with one attached hydrogen (secondary N) is 2. The molecule has 0 radical (unpaired) electrons. The number of hydrogen-bond acceptors (Lipinski definition) is 6. The molecule has 0 saturated heterocycles. The van der Waals surface area contributed by atoms with Gasteiger partial charge < -0.3 is 15.4 Å². The Morgan fingerprint density at radius 3 is 2.52 bits per heavy atom. The summed E-state index contributed by atoms with van der Waals surface area (Å²) in [7, 11) is 1.64. The lowest BCUT2D eigenvalue weighted by Crippen LogP contribution is -2.16. The molecular weight excluding hydrogens is 368 g/mol. The van der Waals surface area contributed by atoms with Crippen LogP contribution in [0.3, 0.4) is 0 Å². The number of ketones is 1. The Morgan fingerprint density at radius 2 is 1.79 bits per heavy atom. The fourth-order valence-electron chi connectivity index (χ4n) is 2.77. The molecule has 0 bridgehead atoms. The van der Waals surface area contributed by atoms with Crippen molar-refractivity contribution in [3.05, 3.63) is 77.6 Å². The van der Waals surface area contributed by atoms with E-state index in [2.05, 4.69) is 20.6 Å². The number of Topliss-reactive ketones (excluding diaryl/α,β-unsaturated/α-hetero) is 1. The van der Waals surface area contributed by atoms with Crippen LogP contribution in [0.15, 0.2) is 60.8 Å². The molecule has 0 spiro atoms. The third kappa shape index (κ3) is 5.38. The normalized spacial score (nSPS) is 10.3. The lowest BCUT2D eigenvalue weighted by atomic mass is 10.1. The average molecular weight is 390 g/mol. The topological polar surface area (TPSA) is 93.2 Å². The molecule has 3 aromatic rings. The predicted molar refractivity (Wildman–Crippen MR) is 112 cm³/mol. The second kappa shape index (κ2) is 9.45. The van der Waals surface area contributed by atoms with Gasteiger partial charge in [0.25, 0.3) is 5.91 Å². The number of aromatic nitrogens is 2. The molecule has 3 rings (SSSR count). The van der Waals surface area contributed by atoms with Crippen molar-refractivity contribution in [2.45, 2.75) is 13.3 Å². The first-order chi connectivity index (χ1) is 14.1. The molecule has 2 aromatic carbocycles. The van der Waals surface area contributed by atoms with Gasteiger partial charge in [-0.3, -0.25) is 9.59 Å². The zero-order valence-corrected chi connectivity index (χ0v) is 16.3. The summed E-state index contributed by atoms with van der Waals surface area (Å²) < 4.78 is 5.35. The van der Waals surface area contributed by atoms with E-state index in [1.54, 1.807) is 37.4 Å². The van der Waals surface area contributed by atoms with Gasteiger partial charge in [-0.05, 0) is 55.3 Å². The van der Waals surface area contributed by atoms with E-state index in [9.17, 15) is 9.59 Å². The molecule has 1 heterocycles. The number of para-hydroxylation sites is 1. The van der Waals surface area contributed by atoms with Crippen LogP contribution in [0.4, 0.5) is 11.6 Å². The molecule has 2 N–H and O–H groups in total. The third-order valence-corrected chi connectivity index (χ3v) is 4.31. The van der Waals surface area contributed by atoms with Crippen LogP contribution in [0, 0.1) is 0 Å². The summed E-state index contributed by atoms with van der Waals surface area (Å²) in [4.78, 5) is 32.2. The molecule has 0 atom stereocenters. The zero-order valence-electron chi connectivity index (χ0n) is 16.3. The van der Waals surface area contributed by atoms with E-state index < -0.39 is 0 Å². The van der Waals surface area contributed by atoms with E-state index in [0.717, 1.165) is 17.7 Å². The number of methoxy groups -OCH3 is 1. The van der Waals surface area contributed by atoms with Crippen LogP contribution in [-0.2, 0) is 6.42 Å². The highest BCUT2D eigenvalue weighted by Crippen LogP contribution is 2.17. The van der Waals surface area contributed by atoms with Crippen LogP contribution in [0.25, 0.3) is 0 Å². The van der Waals surface area contributed by atoms with Gasteiger partial charge >= 0.3 is 0 Å². The summed E-state index contributed by atoms with van der Waals surface area (Å²) in [5.74, 6) is 0.830. The van der Waals surface area contributed by atoms with Gasteiger partial charge in [0.2, 0.25) is 5.95 Å². The molecule has 7 nitrogen and oxygen atoms in total. The van der Waals surface area contributed by atoms with Crippen molar-refractivity contribution in [2.24, 2.45) is 0 Å². The average Bonchev–Trinajstić information content (AvgIpc) is 2.74. The maximum Gasteiger partial charge on any atom is 0.274 e. The van der Waals surface area contributed by atoms with Crippen LogP contribution in [0.5, 0.6) is 5.75 Å². The van der Waals surface area contributed by atoms with E-state index in [-0.39, 0.29) is 17.4 Å². The predicted octanol–water partition coefficient (Wildman–Crippen LogP) is 3.59. The lowest BCUT2D eigenvalue weighted by Gasteiger charge is -2.10. The first-order valence-electron chi connectivity index (χ1n) is 9.18. The Bertz CT molecular complexity index is 1000. The van der Waals surface area contributed by atoms with Crippen LogP contribution >= 0.6 is 0 Å². The van der Waals surface area contributed by atoms with E-state index in [4.69, 9.17) is 4.74 Å². The fraction of sp³-hybridized carbons (Fsp3) is 0.182. The number of anilines is 2. The van der Waals surface area contributed by atoms with Crippen LogP contribution < -0.4 is 15.4 Å². The van der Waals surface area contributed by atoms with Crippen molar-refractivity contribution >= 4 is 23.3 Å². The van der Waals surface area contributed by atoms with Crippen molar-refractivity contribution in [1.82, 2.24) is 9.97 Å². The van der Waals surface area contributed by atoms with Crippen molar-refractivity contribution < 1.29 is 14.3 Å². The van der Waals surface area contributed by atoms with Crippen molar-refractivity contribution in [2.75, 3.05) is 24.3 Å². The number of rotatable bonds is 8. The molecule has 0 fully saturated rings. The second-order valence-corrected chi connectivity index (χ2v) is 6.34. The second-order valence-electron chi connectivity index (χ2n) is 6.34. The van der Waals surface area contributed by atoms with Gasteiger partial charge in [-0.2, -0.15) is 0 Å². The highest BCUT2D eigenvalue weighted by atomic mass is 16.5. The minimum absolute atomic E-state index is 0.0254. The van der Waals surface area contributed by atoms with Gasteiger partial charge in [-0.15, -0.1) is 0 Å². The lowest BCUT2D eigenvalue weighted by molar-refractivity contribution is 0.101. The number of hydrogen-bond donors (Lipinski definition) is 2. The summed E-state index contributed by atoms with van der Waals surface area (Å²) in [6.45, 7) is 2.09. The molecule has 0 aliphatic rings. The monoisotopic (exact) mass is 390 g/mol. The third-order valence-electron chi connectivity index (χ3n) is 4.31. The number of carbonyl (C=O) groups is 2. The molecular formula is C22H22N4O3. The fourth-order valence-corrected chi connectivity index (χ4v) is 2.77. The number of ether oxygens (including phenoxy) is 1. The maximum absolute atomic E-state index is 12.5. The summed E-state index contributed by atoms with van der Waals surface area (Å²) >= 11 is 0. The van der Waals surface area contributed by atoms with Crippen LogP contribution in [0.1, 0.15) is 33.3 Å². The minimum atomic E-state index is -0.351. The van der Waals surface area contributed by atoms with Gasteiger partial charge in [0.05, 0.1) is 7.11 Å². The largest absolute Gasteiger partial charge is 0.496 e. The molecule has 1 amide bonds. The molecule has 7 heteroatoms. The Kier molecular flexibility index (Phi) is 6.52. The molecule has 1 aromatic heterocycles. The van der Waals surface area contributed by atoms with E-state index in [0.29, 0.717) is 23.7 Å². The van der Waals surface area contributed by atoms with Gasteiger partial charge in [-0.1, -0.05) is 18.2 Å². The zero-order chi connectivity index (χ0) is 20.6. The quantitative estimate of drug-likeness (QED) is 0.571. The number of benzene rings is 2. The smallest absolute Gasteiger partial charge is 0.274 e. The molecule has 148 valence electrons. The maximum atomic E-state index is 12.5. The summed E-state index contributed by atoms with van der Waals surface area (Å²) in [6.07, 6.45) is 2.26. The van der Waals surface area contributed by atoms with Crippen molar-refractivity contribution in [3.8, 4) is 5.75 Å². The summed E-state index contributed by atoms with van der Waals surface area (Å²) in [5.41, 5.74) is 2.50. The highest BCUT2D eigenvalue weighted by Gasteiger charge is 2.10. The Hall–Kier alpha value is -3.74.